The first-order chi connectivity index (χ1) is 10.9. The monoisotopic (exact) mass is 315 g/mol. The predicted molar refractivity (Wildman–Crippen MR) is 89.0 cm³/mol. The number of aromatic carboxylic acids is 1. The molecule has 1 N–H and O–H groups in total. The quantitative estimate of drug-likeness (QED) is 0.875. The van der Waals surface area contributed by atoms with Crippen molar-refractivity contribution in [1.82, 2.24) is 9.88 Å². The van der Waals surface area contributed by atoms with Crippen LogP contribution in [0.1, 0.15) is 24.2 Å². The molecule has 2 aromatic rings. The molecule has 1 fully saturated rings. The van der Waals surface area contributed by atoms with Gasteiger partial charge in [-0.05, 0) is 26.0 Å². The van der Waals surface area contributed by atoms with Gasteiger partial charge in [0.2, 0.25) is 0 Å². The highest BCUT2D eigenvalue weighted by Crippen LogP contribution is 2.31. The number of anilines is 1. The molecule has 6 nitrogen and oxygen atoms in total. The molecule has 0 aliphatic carbocycles. The van der Waals surface area contributed by atoms with Crippen LogP contribution in [-0.2, 0) is 0 Å². The molecule has 0 bridgehead atoms. The molecule has 2 heterocycles. The molecule has 1 aliphatic heterocycles. The van der Waals surface area contributed by atoms with Crippen LogP contribution >= 0.6 is 0 Å². The Balaban J connectivity index is 1.96. The van der Waals surface area contributed by atoms with E-state index in [1.54, 1.807) is 18.2 Å². The number of oxazole rings is 1. The van der Waals surface area contributed by atoms with E-state index in [2.05, 4.69) is 35.2 Å². The number of fused-ring (bicyclic) bond motifs is 1. The minimum Gasteiger partial charge on any atom is -0.478 e. The fraction of sp³-hybridized carbons (Fsp3) is 0.412. The Morgan fingerprint density at radius 1 is 1.48 bits per heavy atom. The maximum atomic E-state index is 11.3. The number of benzene rings is 1. The van der Waals surface area contributed by atoms with Crippen molar-refractivity contribution < 1.29 is 14.3 Å². The molecule has 0 radical (unpaired) electrons. The molecule has 0 unspecified atom stereocenters. The summed E-state index contributed by atoms with van der Waals surface area (Å²) < 4.78 is 5.84. The third-order valence-corrected chi connectivity index (χ3v) is 4.24. The molecule has 0 atom stereocenters. The van der Waals surface area contributed by atoms with E-state index < -0.39 is 5.97 Å². The van der Waals surface area contributed by atoms with Crippen molar-refractivity contribution in [2.75, 3.05) is 31.1 Å². The summed E-state index contributed by atoms with van der Waals surface area (Å²) in [6.07, 6.45) is 1.91. The van der Waals surface area contributed by atoms with Gasteiger partial charge in [0.25, 0.3) is 6.01 Å². The van der Waals surface area contributed by atoms with E-state index in [1.165, 1.54) is 0 Å². The smallest absolute Gasteiger partial charge is 0.338 e. The molecule has 1 aliphatic rings. The average Bonchev–Trinajstić information content (AvgIpc) is 2.89. The van der Waals surface area contributed by atoms with E-state index in [0.717, 1.165) is 26.2 Å². The Labute approximate surface area is 135 Å². The van der Waals surface area contributed by atoms with Crippen LogP contribution in [0.3, 0.4) is 0 Å². The summed E-state index contributed by atoms with van der Waals surface area (Å²) in [4.78, 5) is 20.2. The zero-order chi connectivity index (χ0) is 16.6. The van der Waals surface area contributed by atoms with Crippen molar-refractivity contribution in [1.29, 1.82) is 0 Å². The molecule has 122 valence electrons. The van der Waals surface area contributed by atoms with E-state index in [-0.39, 0.29) is 11.1 Å². The van der Waals surface area contributed by atoms with Gasteiger partial charge in [-0.25, -0.2) is 4.79 Å². The van der Waals surface area contributed by atoms with Gasteiger partial charge in [-0.2, -0.15) is 4.98 Å². The SMILES string of the molecule is C=CCN1CCN(c2nc3c(C(=O)O)cccc3o2)C(C)(C)C1. The maximum absolute atomic E-state index is 11.3. The van der Waals surface area contributed by atoms with Crippen molar-refractivity contribution in [3.05, 3.63) is 36.4 Å². The van der Waals surface area contributed by atoms with Gasteiger partial charge in [-0.1, -0.05) is 12.1 Å². The Kier molecular flexibility index (Phi) is 3.85. The lowest BCUT2D eigenvalue weighted by molar-refractivity contribution is 0.0699. The fourth-order valence-corrected chi connectivity index (χ4v) is 3.17. The molecular formula is C17H21N3O3. The second kappa shape index (κ2) is 5.70. The molecular weight excluding hydrogens is 294 g/mol. The zero-order valence-electron chi connectivity index (χ0n) is 13.5. The molecule has 0 saturated carbocycles. The third kappa shape index (κ3) is 2.82. The summed E-state index contributed by atoms with van der Waals surface area (Å²) >= 11 is 0. The molecule has 23 heavy (non-hydrogen) atoms. The highest BCUT2D eigenvalue weighted by atomic mass is 16.4. The Hall–Kier alpha value is -2.34. The number of hydrogen-bond acceptors (Lipinski definition) is 5. The Morgan fingerprint density at radius 3 is 2.91 bits per heavy atom. The number of rotatable bonds is 4. The standard InChI is InChI=1S/C17H21N3O3/c1-4-8-19-9-10-20(17(2,3)11-19)16-18-14-12(15(21)22)6-5-7-13(14)23-16/h4-7H,1,8-11H2,2-3H3,(H,21,22). The fourth-order valence-electron chi connectivity index (χ4n) is 3.17. The van der Waals surface area contributed by atoms with Crippen molar-refractivity contribution in [2.24, 2.45) is 0 Å². The van der Waals surface area contributed by atoms with Crippen molar-refractivity contribution in [2.45, 2.75) is 19.4 Å². The maximum Gasteiger partial charge on any atom is 0.338 e. The minimum atomic E-state index is -0.995. The van der Waals surface area contributed by atoms with E-state index in [1.807, 2.05) is 6.08 Å². The predicted octanol–water partition coefficient (Wildman–Crippen LogP) is 2.61. The van der Waals surface area contributed by atoms with Gasteiger partial charge in [-0.3, -0.25) is 4.90 Å². The van der Waals surface area contributed by atoms with Crippen molar-refractivity contribution in [3.8, 4) is 0 Å². The van der Waals surface area contributed by atoms with Crippen LogP contribution in [0.15, 0.2) is 35.3 Å². The van der Waals surface area contributed by atoms with Crippen LogP contribution in [0.4, 0.5) is 6.01 Å². The number of carboxylic acid groups (broad SMARTS) is 1. The van der Waals surface area contributed by atoms with Gasteiger partial charge in [0.05, 0.1) is 11.1 Å². The Bertz CT molecular complexity index is 751. The van der Waals surface area contributed by atoms with Crippen molar-refractivity contribution >= 4 is 23.1 Å². The number of carboxylic acids is 1. The number of para-hydroxylation sites is 1. The van der Waals surface area contributed by atoms with Gasteiger partial charge in [0.1, 0.15) is 5.52 Å². The first kappa shape index (κ1) is 15.6. The summed E-state index contributed by atoms with van der Waals surface area (Å²) in [6, 6.07) is 5.45. The van der Waals surface area contributed by atoms with Gasteiger partial charge in [-0.15, -0.1) is 6.58 Å². The molecule has 1 aromatic heterocycles. The molecule has 0 spiro atoms. The van der Waals surface area contributed by atoms with Gasteiger partial charge < -0.3 is 14.4 Å². The molecule has 0 amide bonds. The number of nitrogens with zero attached hydrogens (tertiary/aromatic N) is 3. The second-order valence-electron chi connectivity index (χ2n) is 6.44. The molecule has 3 rings (SSSR count). The number of carbonyl (C=O) groups is 1. The summed E-state index contributed by atoms with van der Waals surface area (Å²) in [5.41, 5.74) is 0.912. The van der Waals surface area contributed by atoms with Gasteiger partial charge in [0, 0.05) is 26.2 Å². The van der Waals surface area contributed by atoms with Crippen LogP contribution in [0.2, 0.25) is 0 Å². The number of aromatic nitrogens is 1. The van der Waals surface area contributed by atoms with Crippen LogP contribution in [0.5, 0.6) is 0 Å². The summed E-state index contributed by atoms with van der Waals surface area (Å²) in [6.45, 7) is 11.4. The normalized spacial score (nSPS) is 18.3. The lowest BCUT2D eigenvalue weighted by atomic mass is 9.99. The average molecular weight is 315 g/mol. The van der Waals surface area contributed by atoms with Crippen LogP contribution in [0.25, 0.3) is 11.1 Å². The zero-order valence-corrected chi connectivity index (χ0v) is 13.5. The van der Waals surface area contributed by atoms with Crippen molar-refractivity contribution in [3.63, 3.8) is 0 Å². The highest BCUT2D eigenvalue weighted by Gasteiger charge is 2.36. The van der Waals surface area contributed by atoms with Gasteiger partial charge in [0.15, 0.2) is 5.58 Å². The largest absolute Gasteiger partial charge is 0.478 e. The summed E-state index contributed by atoms with van der Waals surface area (Å²) in [7, 11) is 0. The lowest BCUT2D eigenvalue weighted by Gasteiger charge is -2.46. The minimum absolute atomic E-state index is 0.161. The molecule has 1 aromatic carbocycles. The first-order valence-corrected chi connectivity index (χ1v) is 7.66. The van der Waals surface area contributed by atoms with E-state index in [4.69, 9.17) is 4.42 Å². The molecule has 6 heteroatoms. The van der Waals surface area contributed by atoms with Gasteiger partial charge >= 0.3 is 5.97 Å². The topological polar surface area (TPSA) is 69.8 Å². The van der Waals surface area contributed by atoms with E-state index in [0.29, 0.717) is 17.1 Å². The van der Waals surface area contributed by atoms with Crippen LogP contribution in [-0.4, -0.2) is 52.7 Å². The van der Waals surface area contributed by atoms with E-state index >= 15 is 0 Å². The number of piperazine rings is 1. The molecule has 1 saturated heterocycles. The summed E-state index contributed by atoms with van der Waals surface area (Å²) in [5, 5.41) is 9.29. The van der Waals surface area contributed by atoms with E-state index in [9.17, 15) is 9.90 Å². The third-order valence-electron chi connectivity index (χ3n) is 4.24. The first-order valence-electron chi connectivity index (χ1n) is 7.66. The van der Waals surface area contributed by atoms with Crippen LogP contribution < -0.4 is 4.90 Å². The Morgan fingerprint density at radius 2 is 2.26 bits per heavy atom. The number of hydrogen-bond donors (Lipinski definition) is 1. The summed E-state index contributed by atoms with van der Waals surface area (Å²) in [5.74, 6) is -0.995. The second-order valence-corrected chi connectivity index (χ2v) is 6.44. The van der Waals surface area contributed by atoms with Crippen LogP contribution in [0, 0.1) is 0 Å². The lowest BCUT2D eigenvalue weighted by Crippen LogP contribution is -2.59. The highest BCUT2D eigenvalue weighted by molar-refractivity contribution is 6.00.